The molecule has 4 rings (SSSR count). The number of ether oxygens (including phenoxy) is 1. The Morgan fingerprint density at radius 1 is 1.00 bits per heavy atom. The molecule has 0 aliphatic carbocycles. The number of phenols is 1. The fourth-order valence-corrected chi connectivity index (χ4v) is 5.47. The molecular weight excluding hydrogens is 555 g/mol. The Bertz CT molecular complexity index is 1450. The molecule has 3 aromatic carbocycles. The summed E-state index contributed by atoms with van der Waals surface area (Å²) in [6.45, 7) is 12.5. The third kappa shape index (κ3) is 6.99. The third-order valence-electron chi connectivity index (χ3n) is 7.36. The monoisotopic (exact) mass is 594 g/mol. The number of nitrogens with zero attached hydrogens (tertiary/aromatic N) is 4. The lowest BCUT2D eigenvalue weighted by Crippen LogP contribution is -2.53. The van der Waals surface area contributed by atoms with E-state index in [0.29, 0.717) is 41.1 Å². The van der Waals surface area contributed by atoms with E-state index in [4.69, 9.17) is 16.3 Å². The van der Waals surface area contributed by atoms with Crippen LogP contribution in [-0.2, 0) is 4.79 Å². The maximum atomic E-state index is 15.1. The van der Waals surface area contributed by atoms with Crippen molar-refractivity contribution in [1.29, 1.82) is 0 Å². The summed E-state index contributed by atoms with van der Waals surface area (Å²) in [7, 11) is 3.67. The van der Waals surface area contributed by atoms with E-state index in [9.17, 15) is 9.90 Å². The van der Waals surface area contributed by atoms with Crippen LogP contribution in [0.1, 0.15) is 27.7 Å². The smallest absolute Gasteiger partial charge is 0.218 e. The number of halogens is 2. The van der Waals surface area contributed by atoms with Crippen LogP contribution in [0.2, 0.25) is 5.02 Å². The van der Waals surface area contributed by atoms with Crippen LogP contribution in [0.5, 0.6) is 11.5 Å². The lowest BCUT2D eigenvalue weighted by molar-refractivity contribution is -0.107. The summed E-state index contributed by atoms with van der Waals surface area (Å²) in [6.07, 6.45) is 3.92. The van der Waals surface area contributed by atoms with E-state index >= 15 is 4.39 Å². The van der Waals surface area contributed by atoms with Crippen molar-refractivity contribution in [3.8, 4) is 33.8 Å². The van der Waals surface area contributed by atoms with Crippen LogP contribution in [0.15, 0.2) is 60.9 Å². The second-order valence-electron chi connectivity index (χ2n) is 11.6. The quantitative estimate of drug-likeness (QED) is 0.274. The van der Waals surface area contributed by atoms with Gasteiger partial charge in [-0.05, 0) is 75.2 Å². The highest BCUT2D eigenvalue weighted by atomic mass is 35.5. The Labute approximate surface area is 253 Å². The van der Waals surface area contributed by atoms with Gasteiger partial charge in [0.05, 0.1) is 11.6 Å². The molecule has 0 aromatic heterocycles. The Kier molecular flexibility index (Phi) is 9.69. The number of benzene rings is 3. The molecule has 1 aliphatic rings. The highest BCUT2D eigenvalue weighted by Gasteiger charge is 2.26. The van der Waals surface area contributed by atoms with Gasteiger partial charge in [-0.25, -0.2) is 4.39 Å². The summed E-state index contributed by atoms with van der Waals surface area (Å²) < 4.78 is 21.0. The number of hydrogen-bond donors (Lipinski definition) is 1. The minimum atomic E-state index is -0.497. The highest BCUT2D eigenvalue weighted by molar-refractivity contribution is 6.34. The van der Waals surface area contributed by atoms with Crippen molar-refractivity contribution < 1.29 is 19.0 Å². The molecule has 1 heterocycles. The largest absolute Gasteiger partial charge is 0.507 e. The number of carbonyl (C=O) groups is 1. The molecule has 0 atom stereocenters. The Morgan fingerprint density at radius 3 is 2.26 bits per heavy atom. The molecule has 0 radical (unpaired) electrons. The van der Waals surface area contributed by atoms with E-state index in [1.807, 2.05) is 45.3 Å². The molecule has 1 amide bonds. The number of anilines is 2. The van der Waals surface area contributed by atoms with Crippen molar-refractivity contribution in [2.24, 2.45) is 0 Å². The zero-order chi connectivity index (χ0) is 30.6. The second-order valence-corrected chi connectivity index (χ2v) is 12.0. The van der Waals surface area contributed by atoms with Gasteiger partial charge in [-0.15, -0.1) is 0 Å². The number of hydrogen-bond acceptors (Lipinski definition) is 6. The van der Waals surface area contributed by atoms with Gasteiger partial charge in [0.2, 0.25) is 6.41 Å². The van der Waals surface area contributed by atoms with E-state index < -0.39 is 5.82 Å². The van der Waals surface area contributed by atoms with E-state index in [-0.39, 0.29) is 21.9 Å². The molecule has 0 unspecified atom stereocenters. The van der Waals surface area contributed by atoms with Gasteiger partial charge in [-0.2, -0.15) is 0 Å². The first-order valence-corrected chi connectivity index (χ1v) is 14.5. The van der Waals surface area contributed by atoms with Crippen LogP contribution in [0.4, 0.5) is 15.8 Å². The highest BCUT2D eigenvalue weighted by Crippen LogP contribution is 2.45. The second kappa shape index (κ2) is 13.0. The van der Waals surface area contributed by atoms with E-state index in [2.05, 4.69) is 30.6 Å². The zero-order valence-electron chi connectivity index (χ0n) is 25.2. The summed E-state index contributed by atoms with van der Waals surface area (Å²) in [6, 6.07) is 13.7. The van der Waals surface area contributed by atoms with Gasteiger partial charge < -0.3 is 19.6 Å². The van der Waals surface area contributed by atoms with Crippen LogP contribution in [0.25, 0.3) is 22.3 Å². The van der Waals surface area contributed by atoms with Crippen LogP contribution in [0, 0.1) is 5.82 Å². The number of carbonyl (C=O) groups excluding carboxylic acids is 1. The molecule has 1 fully saturated rings. The van der Waals surface area contributed by atoms with Crippen LogP contribution in [0.3, 0.4) is 0 Å². The minimum Gasteiger partial charge on any atom is -0.507 e. The van der Waals surface area contributed by atoms with Gasteiger partial charge in [0.1, 0.15) is 23.0 Å². The van der Waals surface area contributed by atoms with Crippen molar-refractivity contribution in [1.82, 2.24) is 9.80 Å². The first-order valence-electron chi connectivity index (χ1n) is 14.1. The average Bonchev–Trinajstić information content (AvgIpc) is 2.95. The van der Waals surface area contributed by atoms with Gasteiger partial charge in [0.25, 0.3) is 0 Å². The van der Waals surface area contributed by atoms with Crippen LogP contribution < -0.4 is 14.5 Å². The van der Waals surface area contributed by atoms with Crippen molar-refractivity contribution in [2.45, 2.75) is 33.2 Å². The lowest BCUT2D eigenvalue weighted by Gasteiger charge is -2.43. The third-order valence-corrected chi connectivity index (χ3v) is 7.65. The van der Waals surface area contributed by atoms with Gasteiger partial charge in [-0.1, -0.05) is 23.7 Å². The number of piperazine rings is 1. The Balaban J connectivity index is 1.72. The van der Waals surface area contributed by atoms with Crippen LogP contribution >= 0.6 is 11.6 Å². The SMILES string of the molecule is CCOc1cc(-c2cc(F)cc(-c3cccc(N4CCN(C(C)(C)C)CC4)c3)c2O)cc(Cl)c1N(C=O)/C=C\N(C)C. The maximum absolute atomic E-state index is 15.1. The summed E-state index contributed by atoms with van der Waals surface area (Å²) in [5, 5.41) is 11.7. The molecule has 0 spiro atoms. The van der Waals surface area contributed by atoms with Crippen molar-refractivity contribution in [2.75, 3.05) is 56.7 Å². The number of aromatic hydroxyl groups is 1. The topological polar surface area (TPSA) is 59.5 Å². The summed E-state index contributed by atoms with van der Waals surface area (Å²) in [5.74, 6) is -0.238. The van der Waals surface area contributed by atoms with E-state index in [1.54, 1.807) is 29.4 Å². The van der Waals surface area contributed by atoms with Crippen molar-refractivity contribution >= 4 is 29.4 Å². The molecule has 1 saturated heterocycles. The van der Waals surface area contributed by atoms with Gasteiger partial charge >= 0.3 is 0 Å². The fourth-order valence-electron chi connectivity index (χ4n) is 5.16. The lowest BCUT2D eigenvalue weighted by atomic mass is 9.96. The van der Waals surface area contributed by atoms with Crippen molar-refractivity contribution in [3.05, 3.63) is 71.8 Å². The molecule has 1 N–H and O–H groups in total. The summed E-state index contributed by atoms with van der Waals surface area (Å²) in [4.78, 5) is 19.8. The normalized spacial score (nSPS) is 14.3. The van der Waals surface area contributed by atoms with E-state index in [1.165, 1.54) is 17.0 Å². The molecule has 3 aromatic rings. The van der Waals surface area contributed by atoms with Crippen LogP contribution in [-0.4, -0.2) is 73.7 Å². The molecular formula is C33H40ClFN4O3. The Morgan fingerprint density at radius 2 is 1.67 bits per heavy atom. The summed E-state index contributed by atoms with van der Waals surface area (Å²) >= 11 is 6.69. The molecule has 42 heavy (non-hydrogen) atoms. The molecule has 0 bridgehead atoms. The molecule has 0 saturated carbocycles. The summed E-state index contributed by atoms with van der Waals surface area (Å²) in [5.41, 5.74) is 3.31. The molecule has 1 aliphatic heterocycles. The minimum absolute atomic E-state index is 0.0721. The Hall–Kier alpha value is -3.75. The number of phenolic OH excluding ortho intramolecular Hbond substituents is 1. The number of amides is 1. The van der Waals surface area contributed by atoms with Gasteiger partial charge in [0, 0.05) is 75.0 Å². The number of rotatable bonds is 9. The standard InChI is InChI=1S/C33H40ClFN4O3/c1-7-42-30-19-24(18-29(34)31(30)38(22-40)12-11-36(5)6)28-21-25(35)20-27(32(28)41)23-9-8-10-26(17-23)37-13-15-39(16-14-37)33(2,3)4/h8-12,17-22,41H,7,13-16H2,1-6H3/b12-11-. The first-order chi connectivity index (χ1) is 19.9. The van der Waals surface area contributed by atoms with Gasteiger partial charge in [0.15, 0.2) is 0 Å². The fraction of sp³-hybridized carbons (Fsp3) is 0.364. The van der Waals surface area contributed by atoms with E-state index in [0.717, 1.165) is 31.9 Å². The predicted molar refractivity (Wildman–Crippen MR) is 170 cm³/mol. The predicted octanol–water partition coefficient (Wildman–Crippen LogP) is 6.83. The first kappa shape index (κ1) is 31.2. The van der Waals surface area contributed by atoms with Gasteiger partial charge in [-0.3, -0.25) is 14.6 Å². The zero-order valence-corrected chi connectivity index (χ0v) is 26.0. The molecule has 9 heteroatoms. The van der Waals surface area contributed by atoms with Crippen molar-refractivity contribution in [3.63, 3.8) is 0 Å². The maximum Gasteiger partial charge on any atom is 0.218 e. The average molecular weight is 595 g/mol. The molecule has 224 valence electrons. The molecule has 7 nitrogen and oxygen atoms in total.